The fourth-order valence-corrected chi connectivity index (χ4v) is 3.97. The molecule has 5 heteroatoms. The number of rotatable bonds is 9. The molecule has 1 N–H and O–H groups in total. The van der Waals surface area contributed by atoms with Gasteiger partial charge in [0, 0.05) is 25.4 Å². The molecule has 1 fully saturated rings. The first-order valence-corrected chi connectivity index (χ1v) is 10.7. The normalized spacial score (nSPS) is 17.2. The van der Waals surface area contributed by atoms with Gasteiger partial charge in [-0.2, -0.15) is 0 Å². The van der Waals surface area contributed by atoms with E-state index >= 15 is 0 Å². The van der Waals surface area contributed by atoms with E-state index in [-0.39, 0.29) is 17.9 Å². The summed E-state index contributed by atoms with van der Waals surface area (Å²) in [5.41, 5.74) is 2.06. The lowest BCUT2D eigenvalue weighted by molar-refractivity contribution is -0.145. The van der Waals surface area contributed by atoms with E-state index in [1.54, 1.807) is 4.90 Å². The minimum atomic E-state index is -0.789. The predicted octanol–water partition coefficient (Wildman–Crippen LogP) is 3.17. The molecule has 0 radical (unpaired) electrons. The highest BCUT2D eigenvalue weighted by molar-refractivity contribution is 6.38. The van der Waals surface area contributed by atoms with Crippen LogP contribution in [0.25, 0.3) is 0 Å². The van der Waals surface area contributed by atoms with Crippen molar-refractivity contribution < 1.29 is 14.4 Å². The van der Waals surface area contributed by atoms with Crippen molar-refractivity contribution in [1.82, 2.24) is 10.2 Å². The molecule has 3 rings (SSSR count). The lowest BCUT2D eigenvalue weighted by Crippen LogP contribution is -2.52. The molecule has 30 heavy (non-hydrogen) atoms. The molecular weight excluding hydrogens is 376 g/mol. The third-order valence-electron chi connectivity index (χ3n) is 5.49. The van der Waals surface area contributed by atoms with Gasteiger partial charge in [0.15, 0.2) is 0 Å². The van der Waals surface area contributed by atoms with E-state index in [0.717, 1.165) is 11.1 Å². The Morgan fingerprint density at radius 3 is 2.20 bits per heavy atom. The van der Waals surface area contributed by atoms with E-state index in [0.29, 0.717) is 32.2 Å². The number of Topliss-reactive ketones (excluding diaryl/α,β-unsaturated/α-hetero) is 1. The summed E-state index contributed by atoms with van der Waals surface area (Å²) < 4.78 is 0. The standard InChI is InChI=1S/C25H30N2O3/c1-18(2)17-26-25(30)24(29)22(16-20-11-7-4-8-12-20)27-21(13-14-23(27)28)15-19-9-5-3-6-10-19/h3-12,18,21-22H,13-17H2,1-2H3,(H,26,30). The molecule has 1 saturated heterocycles. The zero-order valence-corrected chi connectivity index (χ0v) is 17.7. The number of ketones is 1. The number of hydrogen-bond donors (Lipinski definition) is 1. The van der Waals surface area contributed by atoms with Crippen molar-refractivity contribution >= 4 is 17.6 Å². The second kappa shape index (κ2) is 10.2. The van der Waals surface area contributed by atoms with Gasteiger partial charge in [-0.05, 0) is 29.9 Å². The van der Waals surface area contributed by atoms with Crippen LogP contribution in [0.5, 0.6) is 0 Å². The van der Waals surface area contributed by atoms with Gasteiger partial charge in [-0.3, -0.25) is 14.4 Å². The zero-order chi connectivity index (χ0) is 21.5. The number of likely N-dealkylation sites (tertiary alicyclic amines) is 1. The van der Waals surface area contributed by atoms with Crippen LogP contribution in [0.15, 0.2) is 60.7 Å². The Kier molecular flexibility index (Phi) is 7.39. The minimum absolute atomic E-state index is 0.0538. The Labute approximate surface area is 178 Å². The largest absolute Gasteiger partial charge is 0.349 e. The number of hydrogen-bond acceptors (Lipinski definition) is 3. The molecule has 2 unspecified atom stereocenters. The van der Waals surface area contributed by atoms with Crippen LogP contribution in [0, 0.1) is 5.92 Å². The van der Waals surface area contributed by atoms with Crippen molar-refractivity contribution in [1.29, 1.82) is 0 Å². The number of carbonyl (C=O) groups is 3. The SMILES string of the molecule is CC(C)CNC(=O)C(=O)C(Cc1ccccc1)N1C(=O)CCC1Cc1ccccc1. The van der Waals surface area contributed by atoms with Crippen molar-refractivity contribution in [2.24, 2.45) is 5.92 Å². The van der Waals surface area contributed by atoms with E-state index in [4.69, 9.17) is 0 Å². The Morgan fingerprint density at radius 1 is 1.00 bits per heavy atom. The molecule has 1 heterocycles. The number of nitrogens with zero attached hydrogens (tertiary/aromatic N) is 1. The van der Waals surface area contributed by atoms with Gasteiger partial charge in [0.05, 0.1) is 0 Å². The van der Waals surface area contributed by atoms with E-state index in [1.165, 1.54) is 0 Å². The highest BCUT2D eigenvalue weighted by Gasteiger charge is 2.41. The molecule has 0 bridgehead atoms. The van der Waals surface area contributed by atoms with E-state index in [1.807, 2.05) is 74.5 Å². The minimum Gasteiger partial charge on any atom is -0.349 e. The van der Waals surface area contributed by atoms with Crippen LogP contribution in [-0.2, 0) is 27.2 Å². The van der Waals surface area contributed by atoms with Crippen LogP contribution in [-0.4, -0.2) is 41.1 Å². The Hall–Kier alpha value is -2.95. The van der Waals surface area contributed by atoms with Crippen LogP contribution in [0.2, 0.25) is 0 Å². The average molecular weight is 407 g/mol. The van der Waals surface area contributed by atoms with Gasteiger partial charge in [-0.15, -0.1) is 0 Å². The molecular formula is C25H30N2O3. The molecule has 0 saturated carbocycles. The van der Waals surface area contributed by atoms with Crippen molar-refractivity contribution in [3.63, 3.8) is 0 Å². The van der Waals surface area contributed by atoms with Gasteiger partial charge in [0.25, 0.3) is 5.91 Å². The summed E-state index contributed by atoms with van der Waals surface area (Å²) in [5.74, 6) is -0.953. The molecule has 2 aromatic rings. The van der Waals surface area contributed by atoms with Crippen LogP contribution < -0.4 is 5.32 Å². The van der Waals surface area contributed by atoms with Crippen molar-refractivity contribution in [3.05, 3.63) is 71.8 Å². The molecule has 158 valence electrons. The van der Waals surface area contributed by atoms with Gasteiger partial charge in [0.1, 0.15) is 6.04 Å². The average Bonchev–Trinajstić information content (AvgIpc) is 3.11. The molecule has 5 nitrogen and oxygen atoms in total. The summed E-state index contributed by atoms with van der Waals surface area (Å²) in [6, 6.07) is 18.7. The fraction of sp³-hybridized carbons (Fsp3) is 0.400. The second-order valence-corrected chi connectivity index (χ2v) is 8.36. The summed E-state index contributed by atoms with van der Waals surface area (Å²) in [5, 5.41) is 2.72. The quantitative estimate of drug-likeness (QED) is 0.651. The molecule has 1 aliphatic heterocycles. The molecule has 2 amide bonds. The molecule has 1 aliphatic rings. The summed E-state index contributed by atoms with van der Waals surface area (Å²) in [7, 11) is 0. The van der Waals surface area contributed by atoms with Crippen molar-refractivity contribution in [3.8, 4) is 0 Å². The van der Waals surface area contributed by atoms with Crippen LogP contribution in [0.1, 0.15) is 37.8 Å². The zero-order valence-electron chi connectivity index (χ0n) is 17.7. The first kappa shape index (κ1) is 21.8. The third kappa shape index (κ3) is 5.56. The Bertz CT molecular complexity index is 864. The molecule has 2 atom stereocenters. The maximum atomic E-state index is 13.2. The first-order chi connectivity index (χ1) is 14.5. The Balaban J connectivity index is 1.85. The van der Waals surface area contributed by atoms with Gasteiger partial charge in [0.2, 0.25) is 11.7 Å². The van der Waals surface area contributed by atoms with E-state index in [9.17, 15) is 14.4 Å². The summed E-state index contributed by atoms with van der Waals surface area (Å²) >= 11 is 0. The van der Waals surface area contributed by atoms with Crippen LogP contribution in [0.4, 0.5) is 0 Å². The topological polar surface area (TPSA) is 66.5 Å². The van der Waals surface area contributed by atoms with Crippen molar-refractivity contribution in [2.45, 2.75) is 51.6 Å². The predicted molar refractivity (Wildman–Crippen MR) is 117 cm³/mol. The maximum Gasteiger partial charge on any atom is 0.289 e. The lowest BCUT2D eigenvalue weighted by Gasteiger charge is -2.32. The number of amides is 2. The molecule has 2 aromatic carbocycles. The van der Waals surface area contributed by atoms with Gasteiger partial charge in [-0.1, -0.05) is 74.5 Å². The highest BCUT2D eigenvalue weighted by Crippen LogP contribution is 2.27. The monoisotopic (exact) mass is 406 g/mol. The number of nitrogens with one attached hydrogen (secondary N) is 1. The smallest absolute Gasteiger partial charge is 0.289 e. The van der Waals surface area contributed by atoms with Gasteiger partial charge < -0.3 is 10.2 Å². The van der Waals surface area contributed by atoms with E-state index < -0.39 is 17.7 Å². The summed E-state index contributed by atoms with van der Waals surface area (Å²) in [6.07, 6.45) is 2.12. The maximum absolute atomic E-state index is 13.2. The molecule has 0 aliphatic carbocycles. The van der Waals surface area contributed by atoms with Gasteiger partial charge >= 0.3 is 0 Å². The highest BCUT2D eigenvalue weighted by atomic mass is 16.2. The number of carbonyl (C=O) groups excluding carboxylic acids is 3. The molecule has 0 spiro atoms. The second-order valence-electron chi connectivity index (χ2n) is 8.36. The summed E-state index contributed by atoms with van der Waals surface area (Å²) in [4.78, 5) is 40.3. The van der Waals surface area contributed by atoms with Crippen LogP contribution in [0.3, 0.4) is 0 Å². The number of benzene rings is 2. The van der Waals surface area contributed by atoms with Gasteiger partial charge in [-0.25, -0.2) is 0 Å². The third-order valence-corrected chi connectivity index (χ3v) is 5.49. The Morgan fingerprint density at radius 2 is 1.60 bits per heavy atom. The van der Waals surface area contributed by atoms with Crippen molar-refractivity contribution in [2.75, 3.05) is 6.54 Å². The van der Waals surface area contributed by atoms with E-state index in [2.05, 4.69) is 5.32 Å². The van der Waals surface area contributed by atoms with Crippen LogP contribution >= 0.6 is 0 Å². The first-order valence-electron chi connectivity index (χ1n) is 10.7. The summed E-state index contributed by atoms with van der Waals surface area (Å²) in [6.45, 7) is 4.39. The lowest BCUT2D eigenvalue weighted by atomic mass is 9.97. The molecule has 0 aromatic heterocycles. The fourth-order valence-electron chi connectivity index (χ4n) is 3.97.